The second-order valence-electron chi connectivity index (χ2n) is 6.90. The van der Waals surface area contributed by atoms with Gasteiger partial charge in [-0.1, -0.05) is 18.2 Å². The Morgan fingerprint density at radius 3 is 2.56 bits per heavy atom. The average Bonchev–Trinajstić information content (AvgIpc) is 2.52. The number of nitrogens with one attached hydrogen (secondary N) is 1. The molecule has 1 fully saturated rings. The normalized spacial score (nSPS) is 20.2. The Balaban J connectivity index is 1.63. The number of amides is 3. The number of carbonyl (C=O) groups is 3. The van der Waals surface area contributed by atoms with Gasteiger partial charge < -0.3 is 19.9 Å². The van der Waals surface area contributed by atoms with Gasteiger partial charge in [0.1, 0.15) is 6.10 Å². The highest BCUT2D eigenvalue weighted by Crippen LogP contribution is 2.30. The van der Waals surface area contributed by atoms with Crippen molar-refractivity contribution in [3.63, 3.8) is 0 Å². The minimum Gasteiger partial charge on any atom is -0.442 e. The van der Waals surface area contributed by atoms with E-state index in [1.807, 2.05) is 26.0 Å². The Morgan fingerprint density at radius 2 is 1.88 bits per heavy atom. The van der Waals surface area contributed by atoms with E-state index >= 15 is 0 Å². The molecule has 0 saturated carbocycles. The molecule has 0 spiro atoms. The third kappa shape index (κ3) is 3.45. The molecule has 3 amide bonds. The first-order chi connectivity index (χ1) is 11.9. The average molecular weight is 345 g/mol. The van der Waals surface area contributed by atoms with E-state index in [2.05, 4.69) is 5.32 Å². The van der Waals surface area contributed by atoms with E-state index in [0.717, 1.165) is 5.56 Å². The van der Waals surface area contributed by atoms with Gasteiger partial charge in [0.25, 0.3) is 5.91 Å². The quantitative estimate of drug-likeness (QED) is 0.893. The number of likely N-dealkylation sites (N-methyl/N-ethyl adjacent to an activating group) is 1. The van der Waals surface area contributed by atoms with Gasteiger partial charge in [-0.05, 0) is 25.5 Å². The van der Waals surface area contributed by atoms with Crippen LogP contribution < -0.4 is 5.32 Å². The first-order valence-electron chi connectivity index (χ1n) is 8.47. The SMILES string of the molecule is CC(C)NC(=O)OC1CN(C(=O)C2CN(C)C(=O)c3ccccc32)C1. The first kappa shape index (κ1) is 17.3. The molecule has 0 aliphatic carbocycles. The summed E-state index contributed by atoms with van der Waals surface area (Å²) in [7, 11) is 1.71. The van der Waals surface area contributed by atoms with Crippen LogP contribution in [0.15, 0.2) is 24.3 Å². The van der Waals surface area contributed by atoms with Gasteiger partial charge in [0.05, 0.1) is 19.0 Å². The minimum absolute atomic E-state index is 0.0112. The smallest absolute Gasteiger partial charge is 0.407 e. The van der Waals surface area contributed by atoms with Crippen LogP contribution in [-0.2, 0) is 9.53 Å². The van der Waals surface area contributed by atoms with Crippen LogP contribution >= 0.6 is 0 Å². The molecule has 2 aliphatic rings. The molecule has 1 saturated heterocycles. The summed E-state index contributed by atoms with van der Waals surface area (Å²) >= 11 is 0. The zero-order valence-electron chi connectivity index (χ0n) is 14.7. The second-order valence-corrected chi connectivity index (χ2v) is 6.90. The van der Waals surface area contributed by atoms with Crippen molar-refractivity contribution in [2.45, 2.75) is 31.9 Å². The van der Waals surface area contributed by atoms with Crippen molar-refractivity contribution in [3.8, 4) is 0 Å². The number of benzene rings is 1. The predicted molar refractivity (Wildman–Crippen MR) is 91.3 cm³/mol. The van der Waals surface area contributed by atoms with Crippen LogP contribution in [0, 0.1) is 0 Å². The molecular weight excluding hydrogens is 322 g/mol. The van der Waals surface area contributed by atoms with Gasteiger partial charge in [0.2, 0.25) is 5.91 Å². The van der Waals surface area contributed by atoms with E-state index < -0.39 is 6.09 Å². The molecule has 1 aromatic rings. The molecular formula is C18H23N3O4. The number of ether oxygens (including phenoxy) is 1. The van der Waals surface area contributed by atoms with Crippen LogP contribution in [-0.4, -0.2) is 66.5 Å². The van der Waals surface area contributed by atoms with Crippen molar-refractivity contribution in [1.82, 2.24) is 15.1 Å². The lowest BCUT2D eigenvalue weighted by molar-refractivity contribution is -0.143. The molecule has 25 heavy (non-hydrogen) atoms. The van der Waals surface area contributed by atoms with Crippen molar-refractivity contribution >= 4 is 17.9 Å². The maximum atomic E-state index is 12.8. The fourth-order valence-corrected chi connectivity index (χ4v) is 3.20. The number of hydrogen-bond acceptors (Lipinski definition) is 4. The molecule has 7 nitrogen and oxygen atoms in total. The summed E-state index contributed by atoms with van der Waals surface area (Å²) in [6, 6.07) is 7.25. The van der Waals surface area contributed by atoms with E-state index in [1.54, 1.807) is 29.0 Å². The lowest BCUT2D eigenvalue weighted by Crippen LogP contribution is -2.58. The number of fused-ring (bicyclic) bond motifs is 1. The summed E-state index contributed by atoms with van der Waals surface area (Å²) in [4.78, 5) is 39.9. The topological polar surface area (TPSA) is 79.0 Å². The van der Waals surface area contributed by atoms with Gasteiger partial charge in [-0.15, -0.1) is 0 Å². The largest absolute Gasteiger partial charge is 0.442 e. The number of likely N-dealkylation sites (tertiary alicyclic amines) is 1. The molecule has 2 heterocycles. The first-order valence-corrected chi connectivity index (χ1v) is 8.47. The van der Waals surface area contributed by atoms with E-state index in [1.165, 1.54) is 0 Å². The molecule has 134 valence electrons. The monoisotopic (exact) mass is 345 g/mol. The van der Waals surface area contributed by atoms with Crippen LogP contribution in [0.25, 0.3) is 0 Å². The summed E-state index contributed by atoms with van der Waals surface area (Å²) < 4.78 is 5.26. The third-order valence-corrected chi connectivity index (χ3v) is 4.51. The van der Waals surface area contributed by atoms with Gasteiger partial charge in [-0.25, -0.2) is 4.79 Å². The molecule has 1 aromatic carbocycles. The van der Waals surface area contributed by atoms with Crippen molar-refractivity contribution in [3.05, 3.63) is 35.4 Å². The molecule has 1 atom stereocenters. The fraction of sp³-hybridized carbons (Fsp3) is 0.500. The molecule has 2 aliphatic heterocycles. The second kappa shape index (κ2) is 6.74. The number of nitrogens with zero attached hydrogens (tertiary/aromatic N) is 2. The standard InChI is InChI=1S/C18H23N3O4/c1-11(2)19-18(24)25-12-8-21(9-12)17(23)15-10-20(3)16(22)14-7-5-4-6-13(14)15/h4-7,11-12,15H,8-10H2,1-3H3,(H,19,24). The van der Waals surface area contributed by atoms with Crippen LogP contribution in [0.3, 0.4) is 0 Å². The summed E-state index contributed by atoms with van der Waals surface area (Å²) in [5, 5.41) is 2.66. The van der Waals surface area contributed by atoms with Crippen molar-refractivity contribution in [1.29, 1.82) is 0 Å². The van der Waals surface area contributed by atoms with Crippen LogP contribution in [0.1, 0.15) is 35.7 Å². The molecule has 0 bridgehead atoms. The van der Waals surface area contributed by atoms with Crippen LogP contribution in [0.5, 0.6) is 0 Å². The molecule has 1 unspecified atom stereocenters. The third-order valence-electron chi connectivity index (χ3n) is 4.51. The van der Waals surface area contributed by atoms with Gasteiger partial charge in [0.15, 0.2) is 0 Å². The van der Waals surface area contributed by atoms with Gasteiger partial charge >= 0.3 is 6.09 Å². The van der Waals surface area contributed by atoms with E-state index in [4.69, 9.17) is 4.74 Å². The zero-order valence-corrected chi connectivity index (χ0v) is 14.7. The summed E-state index contributed by atoms with van der Waals surface area (Å²) in [6.45, 7) is 4.86. The maximum Gasteiger partial charge on any atom is 0.407 e. The Kier molecular flexibility index (Phi) is 4.65. The van der Waals surface area contributed by atoms with Crippen LogP contribution in [0.4, 0.5) is 4.79 Å². The molecule has 0 aromatic heterocycles. The summed E-state index contributed by atoms with van der Waals surface area (Å²) in [6.07, 6.45) is -0.735. The summed E-state index contributed by atoms with van der Waals surface area (Å²) in [5.74, 6) is -0.463. The number of hydrogen-bond donors (Lipinski definition) is 1. The van der Waals surface area contributed by atoms with E-state index in [-0.39, 0.29) is 29.9 Å². The summed E-state index contributed by atoms with van der Waals surface area (Å²) in [5.41, 5.74) is 1.36. The van der Waals surface area contributed by atoms with Gasteiger partial charge in [-0.3, -0.25) is 9.59 Å². The minimum atomic E-state index is -0.458. The highest BCUT2D eigenvalue weighted by atomic mass is 16.6. The number of rotatable bonds is 3. The Morgan fingerprint density at radius 1 is 1.20 bits per heavy atom. The highest BCUT2D eigenvalue weighted by molar-refractivity contribution is 6.00. The lowest BCUT2D eigenvalue weighted by atomic mass is 9.87. The highest BCUT2D eigenvalue weighted by Gasteiger charge is 2.40. The molecule has 7 heteroatoms. The number of alkyl carbamates (subject to hydrolysis) is 1. The van der Waals surface area contributed by atoms with E-state index in [9.17, 15) is 14.4 Å². The maximum absolute atomic E-state index is 12.8. The van der Waals surface area contributed by atoms with E-state index in [0.29, 0.717) is 25.2 Å². The van der Waals surface area contributed by atoms with Gasteiger partial charge in [-0.2, -0.15) is 0 Å². The Bertz CT molecular complexity index is 697. The van der Waals surface area contributed by atoms with Crippen molar-refractivity contribution < 1.29 is 19.1 Å². The Labute approximate surface area is 146 Å². The predicted octanol–water partition coefficient (Wildman–Crippen LogP) is 1.20. The molecule has 0 radical (unpaired) electrons. The lowest BCUT2D eigenvalue weighted by Gasteiger charge is -2.42. The number of carbonyl (C=O) groups excluding carboxylic acids is 3. The molecule has 3 rings (SSSR count). The van der Waals surface area contributed by atoms with Crippen molar-refractivity contribution in [2.24, 2.45) is 0 Å². The van der Waals surface area contributed by atoms with Crippen LogP contribution in [0.2, 0.25) is 0 Å². The van der Waals surface area contributed by atoms with Gasteiger partial charge in [0, 0.05) is 25.2 Å². The zero-order chi connectivity index (χ0) is 18.1. The fourth-order valence-electron chi connectivity index (χ4n) is 3.20. The molecule has 1 N–H and O–H groups in total. The van der Waals surface area contributed by atoms with Crippen molar-refractivity contribution in [2.75, 3.05) is 26.7 Å². The Hall–Kier alpha value is -2.57.